The van der Waals surface area contributed by atoms with Crippen molar-refractivity contribution in [3.8, 4) is 6.07 Å². The van der Waals surface area contributed by atoms with Crippen molar-refractivity contribution in [3.63, 3.8) is 0 Å². The molecule has 2 aromatic rings. The number of rotatable bonds is 2. The summed E-state index contributed by atoms with van der Waals surface area (Å²) in [6.07, 6.45) is 4.60. The molecule has 5 nitrogen and oxygen atoms in total. The summed E-state index contributed by atoms with van der Waals surface area (Å²) in [6, 6.07) is 8.25. The number of nitriles is 1. The normalized spacial score (nSPS) is 9.35. The number of nitrogens with one attached hydrogen (secondary N) is 1. The van der Waals surface area contributed by atoms with Crippen LogP contribution in [0.2, 0.25) is 0 Å². The lowest BCUT2D eigenvalue weighted by Crippen LogP contribution is -2.12. The first-order valence-electron chi connectivity index (χ1n) is 4.87. The average Bonchev–Trinajstić information content (AvgIpc) is 2.40. The average molecular weight is 224 g/mol. The van der Waals surface area contributed by atoms with E-state index in [9.17, 15) is 4.79 Å². The lowest BCUT2D eigenvalue weighted by Gasteiger charge is -2.04. The number of carbonyl (C=O) groups is 1. The fourth-order valence-corrected chi connectivity index (χ4v) is 1.27. The number of nitrogens with zero attached hydrogens (tertiary/aromatic N) is 3. The van der Waals surface area contributed by atoms with Gasteiger partial charge in [-0.1, -0.05) is 0 Å². The zero-order chi connectivity index (χ0) is 12.1. The van der Waals surface area contributed by atoms with Crippen LogP contribution in [0, 0.1) is 11.3 Å². The predicted octanol–water partition coefficient (Wildman–Crippen LogP) is 1.60. The van der Waals surface area contributed by atoms with Gasteiger partial charge in [0.05, 0.1) is 0 Å². The Kier molecular flexibility index (Phi) is 3.08. The van der Waals surface area contributed by atoms with Gasteiger partial charge in [-0.05, 0) is 24.3 Å². The van der Waals surface area contributed by atoms with E-state index in [0.29, 0.717) is 11.3 Å². The third-order valence-corrected chi connectivity index (χ3v) is 2.07. The van der Waals surface area contributed by atoms with Gasteiger partial charge in [0.1, 0.15) is 11.8 Å². The molecule has 0 saturated carbocycles. The maximum atomic E-state index is 11.8. The Balaban J connectivity index is 2.18. The number of hydrogen-bond donors (Lipinski definition) is 1. The van der Waals surface area contributed by atoms with Crippen LogP contribution in [0.3, 0.4) is 0 Å². The van der Waals surface area contributed by atoms with Crippen LogP contribution in [-0.2, 0) is 0 Å². The highest BCUT2D eigenvalue weighted by Gasteiger charge is 2.06. The molecule has 0 aliphatic rings. The summed E-state index contributed by atoms with van der Waals surface area (Å²) >= 11 is 0. The van der Waals surface area contributed by atoms with E-state index in [2.05, 4.69) is 15.3 Å². The van der Waals surface area contributed by atoms with E-state index in [0.717, 1.165) is 0 Å². The number of hydrogen-bond acceptors (Lipinski definition) is 4. The topological polar surface area (TPSA) is 78.7 Å². The highest BCUT2D eigenvalue weighted by Crippen LogP contribution is 2.07. The van der Waals surface area contributed by atoms with Gasteiger partial charge in [0.25, 0.3) is 5.91 Å². The van der Waals surface area contributed by atoms with Crippen molar-refractivity contribution >= 4 is 11.6 Å². The van der Waals surface area contributed by atoms with Crippen LogP contribution in [0.1, 0.15) is 16.1 Å². The van der Waals surface area contributed by atoms with Crippen LogP contribution in [0.5, 0.6) is 0 Å². The Bertz CT molecular complexity index is 575. The van der Waals surface area contributed by atoms with Crippen molar-refractivity contribution in [1.82, 2.24) is 9.97 Å². The van der Waals surface area contributed by atoms with E-state index < -0.39 is 0 Å². The van der Waals surface area contributed by atoms with Crippen molar-refractivity contribution in [2.75, 3.05) is 5.32 Å². The fraction of sp³-hybridized carbons (Fsp3) is 0. The Morgan fingerprint density at radius 1 is 1.24 bits per heavy atom. The number of aromatic nitrogens is 2. The van der Waals surface area contributed by atoms with Crippen LogP contribution in [0.15, 0.2) is 42.9 Å². The monoisotopic (exact) mass is 224 g/mol. The van der Waals surface area contributed by atoms with Crippen LogP contribution in [0.4, 0.5) is 5.69 Å². The molecule has 0 saturated heterocycles. The number of pyridine rings is 2. The maximum Gasteiger partial charge on any atom is 0.255 e. The molecule has 0 aromatic carbocycles. The van der Waals surface area contributed by atoms with E-state index in [1.165, 1.54) is 12.3 Å². The molecule has 2 aromatic heterocycles. The second kappa shape index (κ2) is 4.86. The van der Waals surface area contributed by atoms with Crippen molar-refractivity contribution in [2.45, 2.75) is 0 Å². The highest BCUT2D eigenvalue weighted by atomic mass is 16.1. The molecule has 0 unspecified atom stereocenters. The van der Waals surface area contributed by atoms with Crippen molar-refractivity contribution < 1.29 is 4.79 Å². The number of anilines is 1. The van der Waals surface area contributed by atoms with Crippen molar-refractivity contribution in [1.29, 1.82) is 5.26 Å². The zero-order valence-electron chi connectivity index (χ0n) is 8.79. The molecular weight excluding hydrogens is 216 g/mol. The van der Waals surface area contributed by atoms with Crippen LogP contribution >= 0.6 is 0 Å². The SMILES string of the molecule is N#Cc1cc(C(=O)Nc2ccncc2)ccn1. The summed E-state index contributed by atoms with van der Waals surface area (Å²) in [4.78, 5) is 19.5. The molecule has 1 N–H and O–H groups in total. The molecule has 2 heterocycles. The van der Waals surface area contributed by atoms with Crippen molar-refractivity contribution in [2.24, 2.45) is 0 Å². The summed E-state index contributed by atoms with van der Waals surface area (Å²) in [5, 5.41) is 11.4. The first kappa shape index (κ1) is 10.8. The molecule has 82 valence electrons. The Morgan fingerprint density at radius 3 is 2.71 bits per heavy atom. The molecule has 17 heavy (non-hydrogen) atoms. The van der Waals surface area contributed by atoms with Gasteiger partial charge in [-0.2, -0.15) is 5.26 Å². The summed E-state index contributed by atoms with van der Waals surface area (Å²) < 4.78 is 0. The summed E-state index contributed by atoms with van der Waals surface area (Å²) in [6.45, 7) is 0. The first-order valence-corrected chi connectivity index (χ1v) is 4.87. The molecule has 2 rings (SSSR count). The summed E-state index contributed by atoms with van der Waals surface area (Å²) in [7, 11) is 0. The lowest BCUT2D eigenvalue weighted by molar-refractivity contribution is 0.102. The molecule has 0 fully saturated rings. The minimum absolute atomic E-state index is 0.215. The molecule has 1 amide bonds. The number of amides is 1. The van der Waals surface area contributed by atoms with E-state index in [4.69, 9.17) is 5.26 Å². The molecule has 0 spiro atoms. The van der Waals surface area contributed by atoms with Gasteiger partial charge in [-0.3, -0.25) is 9.78 Å². The second-order valence-electron chi connectivity index (χ2n) is 3.23. The van der Waals surface area contributed by atoms with Gasteiger partial charge >= 0.3 is 0 Å². The molecule has 0 aliphatic carbocycles. The van der Waals surface area contributed by atoms with Gasteiger partial charge in [-0.15, -0.1) is 0 Å². The summed E-state index contributed by atoms with van der Waals surface area (Å²) in [5.74, 6) is -0.282. The van der Waals surface area contributed by atoms with Crippen molar-refractivity contribution in [3.05, 3.63) is 54.1 Å². The van der Waals surface area contributed by atoms with Gasteiger partial charge in [0.2, 0.25) is 0 Å². The zero-order valence-corrected chi connectivity index (χ0v) is 8.79. The number of carbonyl (C=O) groups excluding carboxylic acids is 1. The third kappa shape index (κ3) is 2.63. The molecule has 0 radical (unpaired) electrons. The van der Waals surface area contributed by atoms with E-state index in [-0.39, 0.29) is 11.6 Å². The minimum atomic E-state index is -0.282. The van der Waals surface area contributed by atoms with Crippen LogP contribution < -0.4 is 5.32 Å². The van der Waals surface area contributed by atoms with E-state index >= 15 is 0 Å². The Hall–Kier alpha value is -2.74. The lowest BCUT2D eigenvalue weighted by atomic mass is 10.2. The third-order valence-electron chi connectivity index (χ3n) is 2.07. The Labute approximate surface area is 97.8 Å². The standard InChI is InChI=1S/C12H8N4O/c13-8-11-7-9(1-6-15-11)12(17)16-10-2-4-14-5-3-10/h1-7H,(H,14,16,17). The fourth-order valence-electron chi connectivity index (χ4n) is 1.27. The smallest absolute Gasteiger partial charge is 0.255 e. The van der Waals surface area contributed by atoms with E-state index in [1.54, 1.807) is 30.6 Å². The van der Waals surface area contributed by atoms with Gasteiger partial charge in [0.15, 0.2) is 0 Å². The quantitative estimate of drug-likeness (QED) is 0.840. The molecule has 0 bridgehead atoms. The van der Waals surface area contributed by atoms with Gasteiger partial charge < -0.3 is 5.32 Å². The van der Waals surface area contributed by atoms with Gasteiger partial charge in [-0.25, -0.2) is 4.98 Å². The predicted molar refractivity (Wildman–Crippen MR) is 61.1 cm³/mol. The molecule has 0 atom stereocenters. The van der Waals surface area contributed by atoms with Crippen LogP contribution in [-0.4, -0.2) is 15.9 Å². The largest absolute Gasteiger partial charge is 0.322 e. The van der Waals surface area contributed by atoms with Gasteiger partial charge in [0, 0.05) is 29.8 Å². The Morgan fingerprint density at radius 2 is 2.00 bits per heavy atom. The highest BCUT2D eigenvalue weighted by molar-refractivity contribution is 6.04. The molecular formula is C12H8N4O. The van der Waals surface area contributed by atoms with E-state index in [1.807, 2.05) is 6.07 Å². The maximum absolute atomic E-state index is 11.8. The van der Waals surface area contributed by atoms with Crippen LogP contribution in [0.25, 0.3) is 0 Å². The summed E-state index contributed by atoms with van der Waals surface area (Å²) in [5.41, 5.74) is 1.26. The molecule has 0 aliphatic heterocycles. The molecule has 5 heteroatoms. The second-order valence-corrected chi connectivity index (χ2v) is 3.23. The minimum Gasteiger partial charge on any atom is -0.322 e. The first-order chi connectivity index (χ1) is 8.29.